The Hall–Kier alpha value is -2.11. The molecule has 4 nitrogen and oxygen atoms in total. The zero-order valence-corrected chi connectivity index (χ0v) is 15.4. The van der Waals surface area contributed by atoms with Crippen molar-refractivity contribution in [3.8, 4) is 5.75 Å². The maximum Gasteiger partial charge on any atom is 0.227 e. The molecule has 2 aromatic rings. The van der Waals surface area contributed by atoms with Gasteiger partial charge in [-0.15, -0.1) is 0 Å². The summed E-state index contributed by atoms with van der Waals surface area (Å²) in [7, 11) is 1.55. The predicted molar refractivity (Wildman–Crippen MR) is 101 cm³/mol. The van der Waals surface area contributed by atoms with E-state index in [1.807, 2.05) is 12.1 Å². The summed E-state index contributed by atoms with van der Waals surface area (Å²) in [5.41, 5.74) is 1.36. The Kier molecular flexibility index (Phi) is 6.12. The van der Waals surface area contributed by atoms with Gasteiger partial charge >= 0.3 is 0 Å². The van der Waals surface area contributed by atoms with E-state index < -0.39 is 0 Å². The van der Waals surface area contributed by atoms with Crippen molar-refractivity contribution in [1.82, 2.24) is 4.90 Å². The third-order valence-electron chi connectivity index (χ3n) is 4.73. The summed E-state index contributed by atoms with van der Waals surface area (Å²) >= 11 is 6.09. The van der Waals surface area contributed by atoms with Crippen LogP contribution in [0.4, 0.5) is 10.1 Å². The Morgan fingerprint density at radius 2 is 2.00 bits per heavy atom. The van der Waals surface area contributed by atoms with Gasteiger partial charge in [0.1, 0.15) is 11.6 Å². The molecule has 1 aliphatic rings. The van der Waals surface area contributed by atoms with Crippen LogP contribution in [0, 0.1) is 11.7 Å². The lowest BCUT2D eigenvalue weighted by molar-refractivity contribution is -0.121. The standard InChI is InChI=1S/C20H22ClFN2O2/c1-26-19-7-6-16(12-17(19)21)23-20(25)14-8-10-24(11-9-14)13-15-4-2-3-5-18(15)22/h2-7,12,14H,8-11,13H2,1H3,(H,23,25). The third-order valence-corrected chi connectivity index (χ3v) is 5.02. The molecule has 3 rings (SSSR count). The molecule has 0 spiro atoms. The van der Waals surface area contributed by atoms with E-state index in [-0.39, 0.29) is 17.6 Å². The van der Waals surface area contributed by atoms with E-state index in [9.17, 15) is 9.18 Å². The molecular formula is C20H22ClFN2O2. The van der Waals surface area contributed by atoms with Gasteiger partial charge in [-0.25, -0.2) is 4.39 Å². The van der Waals surface area contributed by atoms with Crippen LogP contribution in [0.5, 0.6) is 5.75 Å². The first-order valence-corrected chi connectivity index (χ1v) is 9.05. The molecule has 0 aliphatic carbocycles. The highest BCUT2D eigenvalue weighted by atomic mass is 35.5. The molecule has 2 aromatic carbocycles. The molecule has 1 fully saturated rings. The number of hydrogen-bond donors (Lipinski definition) is 1. The number of nitrogens with zero attached hydrogens (tertiary/aromatic N) is 1. The number of anilines is 1. The average Bonchev–Trinajstić information content (AvgIpc) is 2.64. The second-order valence-corrected chi connectivity index (χ2v) is 6.89. The fourth-order valence-electron chi connectivity index (χ4n) is 3.21. The van der Waals surface area contributed by atoms with Crippen molar-refractivity contribution < 1.29 is 13.9 Å². The number of rotatable bonds is 5. The first-order chi connectivity index (χ1) is 12.6. The van der Waals surface area contributed by atoms with Crippen LogP contribution < -0.4 is 10.1 Å². The molecule has 1 heterocycles. The molecule has 0 bridgehead atoms. The molecule has 0 aromatic heterocycles. The second-order valence-electron chi connectivity index (χ2n) is 6.48. The van der Waals surface area contributed by atoms with Crippen LogP contribution in [0.1, 0.15) is 18.4 Å². The second kappa shape index (κ2) is 8.52. The maximum atomic E-state index is 13.8. The number of hydrogen-bond acceptors (Lipinski definition) is 3. The molecule has 1 amide bonds. The minimum atomic E-state index is -0.177. The van der Waals surface area contributed by atoms with Gasteiger partial charge < -0.3 is 10.1 Å². The van der Waals surface area contributed by atoms with Crippen LogP contribution in [0.3, 0.4) is 0 Å². The Balaban J connectivity index is 1.52. The molecule has 0 unspecified atom stereocenters. The maximum absolute atomic E-state index is 13.8. The van der Waals surface area contributed by atoms with Crippen LogP contribution in [0.25, 0.3) is 0 Å². The normalized spacial score (nSPS) is 15.7. The number of amides is 1. The lowest BCUT2D eigenvalue weighted by Crippen LogP contribution is -2.37. The van der Waals surface area contributed by atoms with Gasteiger partial charge in [0.05, 0.1) is 12.1 Å². The predicted octanol–water partition coefficient (Wildman–Crippen LogP) is 4.34. The van der Waals surface area contributed by atoms with E-state index >= 15 is 0 Å². The van der Waals surface area contributed by atoms with Gasteiger partial charge in [-0.05, 0) is 50.2 Å². The number of carbonyl (C=O) groups excluding carboxylic acids is 1. The molecular weight excluding hydrogens is 355 g/mol. The van der Waals surface area contributed by atoms with Crippen LogP contribution in [0.2, 0.25) is 5.02 Å². The molecule has 6 heteroatoms. The first kappa shape index (κ1) is 18.7. The molecule has 138 valence electrons. The summed E-state index contributed by atoms with van der Waals surface area (Å²) in [6.07, 6.45) is 1.51. The van der Waals surface area contributed by atoms with Crippen molar-refractivity contribution in [1.29, 1.82) is 0 Å². The summed E-state index contributed by atoms with van der Waals surface area (Å²) in [5, 5.41) is 3.38. The number of benzene rings is 2. The quantitative estimate of drug-likeness (QED) is 0.844. The minimum Gasteiger partial charge on any atom is -0.495 e. The highest BCUT2D eigenvalue weighted by molar-refractivity contribution is 6.32. The van der Waals surface area contributed by atoms with E-state index in [1.54, 1.807) is 31.4 Å². The lowest BCUT2D eigenvalue weighted by atomic mass is 9.95. The Bertz CT molecular complexity index is 776. The summed E-state index contributed by atoms with van der Waals surface area (Å²) in [6.45, 7) is 2.13. The van der Waals surface area contributed by atoms with Gasteiger partial charge in [-0.2, -0.15) is 0 Å². The van der Waals surface area contributed by atoms with Crippen molar-refractivity contribution in [3.63, 3.8) is 0 Å². The number of methoxy groups -OCH3 is 1. The lowest BCUT2D eigenvalue weighted by Gasteiger charge is -2.31. The van der Waals surface area contributed by atoms with E-state index in [4.69, 9.17) is 16.3 Å². The topological polar surface area (TPSA) is 41.6 Å². The van der Waals surface area contributed by atoms with Gasteiger partial charge in [-0.3, -0.25) is 9.69 Å². The van der Waals surface area contributed by atoms with E-state index in [2.05, 4.69) is 10.2 Å². The van der Waals surface area contributed by atoms with Crippen molar-refractivity contribution in [2.24, 2.45) is 5.92 Å². The van der Waals surface area contributed by atoms with Gasteiger partial charge in [0, 0.05) is 23.7 Å². The third kappa shape index (κ3) is 4.54. The van der Waals surface area contributed by atoms with Crippen LogP contribution in [-0.4, -0.2) is 31.0 Å². The van der Waals surface area contributed by atoms with E-state index in [0.29, 0.717) is 28.6 Å². The van der Waals surface area contributed by atoms with E-state index in [0.717, 1.165) is 25.9 Å². The minimum absolute atomic E-state index is 0.00299. The summed E-state index contributed by atoms with van der Waals surface area (Å²) in [5.74, 6) is 0.347. The number of halogens is 2. The average molecular weight is 377 g/mol. The van der Waals surface area contributed by atoms with Gasteiger partial charge in [0.2, 0.25) is 5.91 Å². The summed E-state index contributed by atoms with van der Waals surface area (Å²) < 4.78 is 18.9. The van der Waals surface area contributed by atoms with Gasteiger partial charge in [0.25, 0.3) is 0 Å². The van der Waals surface area contributed by atoms with Crippen molar-refractivity contribution in [2.75, 3.05) is 25.5 Å². The SMILES string of the molecule is COc1ccc(NC(=O)C2CCN(Cc3ccccc3F)CC2)cc1Cl. The van der Waals surface area contributed by atoms with Crippen molar-refractivity contribution in [3.05, 3.63) is 58.9 Å². The number of piperidine rings is 1. The van der Waals surface area contributed by atoms with Gasteiger partial charge in [0.15, 0.2) is 0 Å². The Morgan fingerprint density at radius 1 is 1.27 bits per heavy atom. The smallest absolute Gasteiger partial charge is 0.227 e. The zero-order chi connectivity index (χ0) is 18.5. The summed E-state index contributed by atoms with van der Waals surface area (Å²) in [4.78, 5) is 14.7. The molecule has 0 atom stereocenters. The molecule has 1 N–H and O–H groups in total. The molecule has 1 saturated heterocycles. The number of carbonyl (C=O) groups is 1. The fourth-order valence-corrected chi connectivity index (χ4v) is 3.47. The molecule has 26 heavy (non-hydrogen) atoms. The molecule has 1 aliphatic heterocycles. The van der Waals surface area contributed by atoms with Crippen LogP contribution in [-0.2, 0) is 11.3 Å². The number of ether oxygens (including phenoxy) is 1. The van der Waals surface area contributed by atoms with Crippen molar-refractivity contribution in [2.45, 2.75) is 19.4 Å². The monoisotopic (exact) mass is 376 g/mol. The largest absolute Gasteiger partial charge is 0.495 e. The zero-order valence-electron chi connectivity index (χ0n) is 14.7. The van der Waals surface area contributed by atoms with Crippen LogP contribution in [0.15, 0.2) is 42.5 Å². The first-order valence-electron chi connectivity index (χ1n) is 8.67. The Labute approximate surface area is 157 Å². The van der Waals surface area contributed by atoms with Gasteiger partial charge in [-0.1, -0.05) is 29.8 Å². The van der Waals surface area contributed by atoms with Crippen LogP contribution >= 0.6 is 11.6 Å². The Morgan fingerprint density at radius 3 is 2.65 bits per heavy atom. The number of likely N-dealkylation sites (tertiary alicyclic amines) is 1. The highest BCUT2D eigenvalue weighted by Crippen LogP contribution is 2.28. The molecule has 0 radical (unpaired) electrons. The summed E-state index contributed by atoms with van der Waals surface area (Å²) in [6, 6.07) is 12.0. The van der Waals surface area contributed by atoms with E-state index in [1.165, 1.54) is 6.07 Å². The van der Waals surface area contributed by atoms with Crippen molar-refractivity contribution >= 4 is 23.2 Å². The fraction of sp³-hybridized carbons (Fsp3) is 0.350. The number of nitrogens with one attached hydrogen (secondary N) is 1. The highest BCUT2D eigenvalue weighted by Gasteiger charge is 2.25. The molecule has 0 saturated carbocycles.